The summed E-state index contributed by atoms with van der Waals surface area (Å²) in [4.78, 5) is 28.6. The molecule has 106 valence electrons. The van der Waals surface area contributed by atoms with Gasteiger partial charge in [-0.3, -0.25) is 9.59 Å². The molecule has 2 rings (SSSR count). The molecule has 1 aromatic carbocycles. The van der Waals surface area contributed by atoms with Crippen LogP contribution in [0.3, 0.4) is 0 Å². The van der Waals surface area contributed by atoms with E-state index in [9.17, 15) is 9.59 Å². The van der Waals surface area contributed by atoms with Gasteiger partial charge in [-0.05, 0) is 19.9 Å². The van der Waals surface area contributed by atoms with Gasteiger partial charge in [0.2, 0.25) is 0 Å². The standard InChI is InChI=1S/C15H18N2O3/c1-10(2)17(9-14(18)20-3)15(19)12-8-16-13-7-5-4-6-11(12)13/h4-8,10,16H,9H2,1-3H3. The fourth-order valence-corrected chi connectivity index (χ4v) is 2.10. The van der Waals surface area contributed by atoms with Crippen LogP contribution < -0.4 is 0 Å². The van der Waals surface area contributed by atoms with Gasteiger partial charge in [-0.25, -0.2) is 0 Å². The Bertz CT molecular complexity index is 631. The van der Waals surface area contributed by atoms with Crippen molar-refractivity contribution in [2.24, 2.45) is 0 Å². The molecule has 0 atom stereocenters. The number of para-hydroxylation sites is 1. The van der Waals surface area contributed by atoms with Crippen molar-refractivity contribution in [3.8, 4) is 0 Å². The monoisotopic (exact) mass is 274 g/mol. The van der Waals surface area contributed by atoms with Crippen molar-refractivity contribution < 1.29 is 14.3 Å². The highest BCUT2D eigenvalue weighted by atomic mass is 16.5. The van der Waals surface area contributed by atoms with Crippen molar-refractivity contribution in [1.82, 2.24) is 9.88 Å². The summed E-state index contributed by atoms with van der Waals surface area (Å²) in [6.45, 7) is 3.69. The van der Waals surface area contributed by atoms with E-state index < -0.39 is 5.97 Å². The highest BCUT2D eigenvalue weighted by molar-refractivity contribution is 6.07. The SMILES string of the molecule is COC(=O)CN(C(=O)c1c[nH]c2ccccc12)C(C)C. The summed E-state index contributed by atoms with van der Waals surface area (Å²) in [6, 6.07) is 7.49. The number of amides is 1. The number of ether oxygens (including phenoxy) is 1. The zero-order chi connectivity index (χ0) is 14.7. The minimum atomic E-state index is -0.424. The Balaban J connectivity index is 2.34. The summed E-state index contributed by atoms with van der Waals surface area (Å²) in [6.07, 6.45) is 1.68. The van der Waals surface area contributed by atoms with Crippen LogP contribution >= 0.6 is 0 Å². The van der Waals surface area contributed by atoms with Crippen LogP contribution in [-0.4, -0.2) is 41.5 Å². The zero-order valence-electron chi connectivity index (χ0n) is 11.8. The van der Waals surface area contributed by atoms with Gasteiger partial charge in [0.15, 0.2) is 0 Å². The summed E-state index contributed by atoms with van der Waals surface area (Å²) in [5.74, 6) is -0.602. The fraction of sp³-hybridized carbons (Fsp3) is 0.333. The molecular weight excluding hydrogens is 256 g/mol. The lowest BCUT2D eigenvalue weighted by Gasteiger charge is -2.25. The number of fused-ring (bicyclic) bond motifs is 1. The third-order valence-corrected chi connectivity index (χ3v) is 3.23. The number of rotatable bonds is 4. The number of H-pyrrole nitrogens is 1. The first kappa shape index (κ1) is 14.1. The van der Waals surface area contributed by atoms with Crippen molar-refractivity contribution in [2.45, 2.75) is 19.9 Å². The highest BCUT2D eigenvalue weighted by Crippen LogP contribution is 2.20. The Morgan fingerprint density at radius 2 is 2.00 bits per heavy atom. The molecule has 1 aromatic heterocycles. The molecule has 0 saturated carbocycles. The van der Waals surface area contributed by atoms with Gasteiger partial charge in [0, 0.05) is 23.1 Å². The van der Waals surface area contributed by atoms with Crippen LogP contribution in [0.4, 0.5) is 0 Å². The molecule has 0 bridgehead atoms. The van der Waals surface area contributed by atoms with Gasteiger partial charge in [-0.15, -0.1) is 0 Å². The lowest BCUT2D eigenvalue weighted by Crippen LogP contribution is -2.41. The van der Waals surface area contributed by atoms with E-state index in [1.54, 1.807) is 6.20 Å². The van der Waals surface area contributed by atoms with Crippen molar-refractivity contribution >= 4 is 22.8 Å². The van der Waals surface area contributed by atoms with E-state index in [1.165, 1.54) is 12.0 Å². The second-order valence-corrected chi connectivity index (χ2v) is 4.85. The number of hydrogen-bond donors (Lipinski definition) is 1. The molecule has 20 heavy (non-hydrogen) atoms. The lowest BCUT2D eigenvalue weighted by atomic mass is 10.1. The third kappa shape index (κ3) is 2.66. The van der Waals surface area contributed by atoms with Gasteiger partial charge < -0.3 is 14.6 Å². The van der Waals surface area contributed by atoms with Crippen molar-refractivity contribution in [2.75, 3.05) is 13.7 Å². The molecule has 0 fully saturated rings. The Kier molecular flexibility index (Phi) is 4.08. The van der Waals surface area contributed by atoms with Gasteiger partial charge in [-0.1, -0.05) is 18.2 Å². The molecule has 1 N–H and O–H groups in total. The van der Waals surface area contributed by atoms with E-state index in [0.29, 0.717) is 5.56 Å². The van der Waals surface area contributed by atoms with Gasteiger partial charge in [0.25, 0.3) is 5.91 Å². The van der Waals surface area contributed by atoms with Crippen LogP contribution in [0.2, 0.25) is 0 Å². The van der Waals surface area contributed by atoms with Crippen LogP contribution in [0.15, 0.2) is 30.5 Å². The molecule has 0 aliphatic rings. The van der Waals surface area contributed by atoms with E-state index in [2.05, 4.69) is 9.72 Å². The molecule has 0 aliphatic carbocycles. The smallest absolute Gasteiger partial charge is 0.325 e. The van der Waals surface area contributed by atoms with Gasteiger partial charge in [0.05, 0.1) is 12.7 Å². The van der Waals surface area contributed by atoms with E-state index >= 15 is 0 Å². The summed E-state index contributed by atoms with van der Waals surface area (Å²) in [5.41, 5.74) is 1.47. The first-order valence-electron chi connectivity index (χ1n) is 6.48. The van der Waals surface area contributed by atoms with Crippen molar-refractivity contribution in [1.29, 1.82) is 0 Å². The summed E-state index contributed by atoms with van der Waals surface area (Å²) in [7, 11) is 1.32. The molecule has 0 unspecified atom stereocenters. The molecule has 0 saturated heterocycles. The topological polar surface area (TPSA) is 62.4 Å². The molecule has 2 aromatic rings. The van der Waals surface area contributed by atoms with Crippen molar-refractivity contribution in [3.05, 3.63) is 36.0 Å². The maximum absolute atomic E-state index is 12.6. The fourth-order valence-electron chi connectivity index (χ4n) is 2.10. The Morgan fingerprint density at radius 1 is 1.30 bits per heavy atom. The Morgan fingerprint density at radius 3 is 2.65 bits per heavy atom. The maximum atomic E-state index is 12.6. The number of carbonyl (C=O) groups is 2. The molecule has 1 heterocycles. The van der Waals surface area contributed by atoms with Crippen LogP contribution in [0.25, 0.3) is 10.9 Å². The first-order chi connectivity index (χ1) is 9.54. The molecule has 0 aliphatic heterocycles. The maximum Gasteiger partial charge on any atom is 0.325 e. The number of nitrogens with one attached hydrogen (secondary N) is 1. The van der Waals surface area contributed by atoms with E-state index in [0.717, 1.165) is 10.9 Å². The summed E-state index contributed by atoms with van der Waals surface area (Å²) in [5, 5.41) is 0.855. The second kappa shape index (κ2) is 5.77. The molecule has 1 amide bonds. The van der Waals surface area contributed by atoms with Crippen LogP contribution in [0.1, 0.15) is 24.2 Å². The summed E-state index contributed by atoms with van der Waals surface area (Å²) >= 11 is 0. The predicted octanol–water partition coefficient (Wildman–Crippen LogP) is 2.19. The average molecular weight is 274 g/mol. The number of aromatic nitrogens is 1. The number of esters is 1. The van der Waals surface area contributed by atoms with Gasteiger partial charge in [0.1, 0.15) is 6.54 Å². The van der Waals surface area contributed by atoms with E-state index in [4.69, 9.17) is 0 Å². The second-order valence-electron chi connectivity index (χ2n) is 4.85. The molecular formula is C15H18N2O3. The third-order valence-electron chi connectivity index (χ3n) is 3.23. The van der Waals surface area contributed by atoms with E-state index in [-0.39, 0.29) is 18.5 Å². The largest absolute Gasteiger partial charge is 0.468 e. The van der Waals surface area contributed by atoms with Gasteiger partial charge in [-0.2, -0.15) is 0 Å². The zero-order valence-corrected chi connectivity index (χ0v) is 11.8. The quantitative estimate of drug-likeness (QED) is 0.869. The number of methoxy groups -OCH3 is 1. The number of hydrogen-bond acceptors (Lipinski definition) is 3. The molecule has 5 nitrogen and oxygen atoms in total. The summed E-state index contributed by atoms with van der Waals surface area (Å²) < 4.78 is 4.65. The average Bonchev–Trinajstić information content (AvgIpc) is 2.87. The van der Waals surface area contributed by atoms with E-state index in [1.807, 2.05) is 38.1 Å². The van der Waals surface area contributed by atoms with Crippen LogP contribution in [0, 0.1) is 0 Å². The predicted molar refractivity (Wildman–Crippen MR) is 76.5 cm³/mol. The molecule has 5 heteroatoms. The minimum absolute atomic E-state index is 0.0491. The number of aromatic amines is 1. The van der Waals surface area contributed by atoms with Crippen LogP contribution in [0.5, 0.6) is 0 Å². The molecule has 0 radical (unpaired) electrons. The Labute approximate surface area is 117 Å². The molecule has 0 spiro atoms. The number of benzene rings is 1. The van der Waals surface area contributed by atoms with Crippen LogP contribution in [-0.2, 0) is 9.53 Å². The first-order valence-corrected chi connectivity index (χ1v) is 6.48. The number of carbonyl (C=O) groups excluding carboxylic acids is 2. The highest BCUT2D eigenvalue weighted by Gasteiger charge is 2.23. The van der Waals surface area contributed by atoms with Crippen molar-refractivity contribution in [3.63, 3.8) is 0 Å². The lowest BCUT2D eigenvalue weighted by molar-refractivity contribution is -0.141. The Hall–Kier alpha value is -2.30. The number of nitrogens with zero attached hydrogens (tertiary/aromatic N) is 1. The normalized spacial score (nSPS) is 10.8. The minimum Gasteiger partial charge on any atom is -0.468 e. The van der Waals surface area contributed by atoms with Gasteiger partial charge >= 0.3 is 5.97 Å².